The van der Waals surface area contributed by atoms with Gasteiger partial charge in [0.05, 0.1) is 23.4 Å². The number of halogens is 4. The maximum absolute atomic E-state index is 12.9. The third-order valence-corrected chi connectivity index (χ3v) is 6.11. The van der Waals surface area contributed by atoms with Gasteiger partial charge in [-0.3, -0.25) is 0 Å². The highest BCUT2D eigenvalue weighted by Gasteiger charge is 2.31. The van der Waals surface area contributed by atoms with E-state index in [1.54, 1.807) is 7.11 Å². The average molecular weight is 472 g/mol. The topological polar surface area (TPSA) is 27.7 Å². The van der Waals surface area contributed by atoms with E-state index < -0.39 is 11.7 Å². The lowest BCUT2D eigenvalue weighted by molar-refractivity contribution is -0.137. The lowest BCUT2D eigenvalue weighted by Gasteiger charge is -2.39. The molecule has 3 rings (SSSR count). The molecule has 0 aromatic heterocycles. The molecule has 2 aromatic rings. The van der Waals surface area contributed by atoms with E-state index in [2.05, 4.69) is 22.2 Å². The van der Waals surface area contributed by atoms with Gasteiger partial charge < -0.3 is 19.9 Å². The van der Waals surface area contributed by atoms with Gasteiger partial charge in [0.15, 0.2) is 5.11 Å². The van der Waals surface area contributed by atoms with E-state index in [9.17, 15) is 13.2 Å². The maximum Gasteiger partial charge on any atom is 0.416 e. The van der Waals surface area contributed by atoms with Gasteiger partial charge in [-0.1, -0.05) is 29.8 Å². The summed E-state index contributed by atoms with van der Waals surface area (Å²) in [5, 5.41) is 3.45. The molecule has 1 aliphatic heterocycles. The highest BCUT2D eigenvalue weighted by atomic mass is 35.5. The number of anilines is 1. The van der Waals surface area contributed by atoms with Crippen LogP contribution < -0.4 is 10.1 Å². The Bertz CT molecular complexity index is 917. The van der Waals surface area contributed by atoms with Crippen molar-refractivity contribution in [3.05, 3.63) is 58.6 Å². The molecule has 0 bridgehead atoms. The summed E-state index contributed by atoms with van der Waals surface area (Å²) in [7, 11) is 3.70. The molecule has 2 aromatic carbocycles. The van der Waals surface area contributed by atoms with Crippen LogP contribution in [-0.4, -0.2) is 48.2 Å². The van der Waals surface area contributed by atoms with Crippen LogP contribution >= 0.6 is 23.8 Å². The molecule has 168 valence electrons. The van der Waals surface area contributed by atoms with Gasteiger partial charge in [-0.25, -0.2) is 0 Å². The minimum atomic E-state index is -4.45. The van der Waals surface area contributed by atoms with E-state index in [-0.39, 0.29) is 11.1 Å². The third kappa shape index (κ3) is 6.02. The summed E-state index contributed by atoms with van der Waals surface area (Å²) in [6, 6.07) is 11.1. The molecule has 4 nitrogen and oxygen atoms in total. The first-order valence-corrected chi connectivity index (χ1v) is 10.7. The zero-order valence-electron chi connectivity index (χ0n) is 17.4. The number of nitrogens with one attached hydrogen (secondary N) is 1. The lowest BCUT2D eigenvalue weighted by atomic mass is 10.0. The molecule has 0 saturated carbocycles. The molecule has 0 amide bonds. The second-order valence-electron chi connectivity index (χ2n) is 7.60. The van der Waals surface area contributed by atoms with E-state index in [1.165, 1.54) is 6.07 Å². The van der Waals surface area contributed by atoms with Crippen molar-refractivity contribution in [2.24, 2.45) is 0 Å². The van der Waals surface area contributed by atoms with Crippen LogP contribution in [0.3, 0.4) is 0 Å². The van der Waals surface area contributed by atoms with Crippen LogP contribution in [0.4, 0.5) is 18.9 Å². The van der Waals surface area contributed by atoms with Crippen LogP contribution in [0.25, 0.3) is 0 Å². The molecule has 0 aliphatic carbocycles. The molecule has 31 heavy (non-hydrogen) atoms. The molecular formula is C22H25ClF3N3OS. The lowest BCUT2D eigenvalue weighted by Crippen LogP contribution is -2.47. The van der Waals surface area contributed by atoms with Crippen LogP contribution in [0.5, 0.6) is 5.75 Å². The van der Waals surface area contributed by atoms with Gasteiger partial charge in [0.2, 0.25) is 0 Å². The fourth-order valence-corrected chi connectivity index (χ4v) is 4.22. The monoisotopic (exact) mass is 471 g/mol. The zero-order chi connectivity index (χ0) is 22.6. The summed E-state index contributed by atoms with van der Waals surface area (Å²) < 4.78 is 44.3. The first-order chi connectivity index (χ1) is 14.7. The van der Waals surface area contributed by atoms with Gasteiger partial charge in [0.1, 0.15) is 5.75 Å². The quantitative estimate of drug-likeness (QED) is 0.568. The average Bonchev–Trinajstić information content (AvgIpc) is 2.73. The normalized spacial score (nSPS) is 15.5. The summed E-state index contributed by atoms with van der Waals surface area (Å²) in [5.41, 5.74) is 0.527. The predicted octanol–water partition coefficient (Wildman–Crippen LogP) is 5.66. The Balaban J connectivity index is 1.84. The van der Waals surface area contributed by atoms with Crippen molar-refractivity contribution in [3.8, 4) is 5.75 Å². The fraction of sp³-hybridized carbons (Fsp3) is 0.409. The number of alkyl halides is 3. The number of nitrogens with zero attached hydrogens (tertiary/aromatic N) is 2. The largest absolute Gasteiger partial charge is 0.496 e. The summed E-state index contributed by atoms with van der Waals surface area (Å²) in [6.07, 6.45) is -2.60. The number of hydrogen-bond acceptors (Lipinski definition) is 3. The Morgan fingerprint density at radius 2 is 1.90 bits per heavy atom. The molecular weight excluding hydrogens is 447 g/mol. The number of benzene rings is 2. The third-order valence-electron chi connectivity index (χ3n) is 5.46. The number of methoxy groups -OCH3 is 1. The number of hydrogen-bond donors (Lipinski definition) is 1. The molecule has 1 saturated heterocycles. The number of ether oxygens (including phenoxy) is 1. The van der Waals surface area contributed by atoms with Crippen molar-refractivity contribution >= 4 is 34.6 Å². The SMILES string of the molecule is COc1ccccc1CN(C(=S)Nc1ccc(C(F)(F)F)cc1Cl)C1CCN(C)CC1. The Kier molecular flexibility index (Phi) is 7.67. The van der Waals surface area contributed by atoms with Crippen LogP contribution in [0.15, 0.2) is 42.5 Å². The van der Waals surface area contributed by atoms with E-state index in [1.807, 2.05) is 24.3 Å². The Hall–Kier alpha value is -2.03. The maximum atomic E-state index is 12.9. The standard InChI is InChI=1S/C22H25ClF3N3OS/c1-28-11-9-17(10-12-28)29(14-15-5-3-4-6-20(15)30-2)21(31)27-19-8-7-16(13-18(19)23)22(24,25)26/h3-8,13,17H,9-12,14H2,1-2H3,(H,27,31). The molecule has 0 atom stereocenters. The number of rotatable bonds is 5. The molecule has 0 unspecified atom stereocenters. The van der Waals surface area contributed by atoms with Gasteiger partial charge in [-0.2, -0.15) is 13.2 Å². The molecule has 9 heteroatoms. The van der Waals surface area contributed by atoms with E-state index in [4.69, 9.17) is 28.6 Å². The van der Waals surface area contributed by atoms with Crippen LogP contribution in [-0.2, 0) is 12.7 Å². The molecule has 1 aliphatic rings. The molecule has 1 fully saturated rings. The van der Waals surface area contributed by atoms with Gasteiger partial charge in [-0.05, 0) is 69.5 Å². The summed E-state index contributed by atoms with van der Waals surface area (Å²) >= 11 is 11.8. The highest BCUT2D eigenvalue weighted by Crippen LogP contribution is 2.34. The van der Waals surface area contributed by atoms with Crippen LogP contribution in [0, 0.1) is 0 Å². The highest BCUT2D eigenvalue weighted by molar-refractivity contribution is 7.80. The minimum absolute atomic E-state index is 0.0298. The molecule has 0 spiro atoms. The number of thiocarbonyl (C=S) groups is 1. The van der Waals surface area contributed by atoms with Crippen molar-refractivity contribution in [2.75, 3.05) is 32.6 Å². The summed E-state index contributed by atoms with van der Waals surface area (Å²) in [4.78, 5) is 4.34. The first-order valence-electron chi connectivity index (χ1n) is 9.94. The van der Waals surface area contributed by atoms with E-state index in [0.29, 0.717) is 17.3 Å². The van der Waals surface area contributed by atoms with Crippen molar-refractivity contribution < 1.29 is 17.9 Å². The summed E-state index contributed by atoms with van der Waals surface area (Å²) in [6.45, 7) is 2.40. The summed E-state index contributed by atoms with van der Waals surface area (Å²) in [5.74, 6) is 0.760. The minimum Gasteiger partial charge on any atom is -0.496 e. The second kappa shape index (κ2) is 10.1. The molecule has 0 radical (unpaired) electrons. The van der Waals surface area contributed by atoms with Crippen LogP contribution in [0.1, 0.15) is 24.0 Å². The van der Waals surface area contributed by atoms with E-state index >= 15 is 0 Å². The van der Waals surface area contributed by atoms with Gasteiger partial charge in [0, 0.05) is 18.2 Å². The van der Waals surface area contributed by atoms with Gasteiger partial charge >= 0.3 is 6.18 Å². The number of para-hydroxylation sites is 1. The predicted molar refractivity (Wildman–Crippen MR) is 122 cm³/mol. The zero-order valence-corrected chi connectivity index (χ0v) is 18.9. The Morgan fingerprint density at radius 3 is 2.52 bits per heavy atom. The van der Waals surface area contributed by atoms with Crippen molar-refractivity contribution in [1.82, 2.24) is 9.80 Å². The van der Waals surface area contributed by atoms with Crippen molar-refractivity contribution in [3.63, 3.8) is 0 Å². The Morgan fingerprint density at radius 1 is 1.23 bits per heavy atom. The van der Waals surface area contributed by atoms with Gasteiger partial charge in [0.25, 0.3) is 0 Å². The van der Waals surface area contributed by atoms with Gasteiger partial charge in [-0.15, -0.1) is 0 Å². The van der Waals surface area contributed by atoms with Crippen LogP contribution in [0.2, 0.25) is 5.02 Å². The fourth-order valence-electron chi connectivity index (χ4n) is 3.67. The first kappa shape index (κ1) is 23.6. The molecule has 1 heterocycles. The van der Waals surface area contributed by atoms with E-state index in [0.717, 1.165) is 49.4 Å². The van der Waals surface area contributed by atoms with Crippen molar-refractivity contribution in [1.29, 1.82) is 0 Å². The number of piperidine rings is 1. The Labute approximate surface area is 190 Å². The second-order valence-corrected chi connectivity index (χ2v) is 8.39. The molecule has 1 N–H and O–H groups in total. The smallest absolute Gasteiger partial charge is 0.416 e. The van der Waals surface area contributed by atoms with Crippen molar-refractivity contribution in [2.45, 2.75) is 31.6 Å². The number of likely N-dealkylation sites (tertiary alicyclic amines) is 1.